The van der Waals surface area contributed by atoms with E-state index in [-0.39, 0.29) is 29.6 Å². The monoisotopic (exact) mass is 381 g/mol. The molecule has 1 unspecified atom stereocenters. The normalized spacial score (nSPS) is 13.5. The lowest BCUT2D eigenvalue weighted by atomic mass is 10.2. The highest BCUT2D eigenvalue weighted by Gasteiger charge is 2.30. The van der Waals surface area contributed by atoms with E-state index in [1.54, 1.807) is 0 Å². The van der Waals surface area contributed by atoms with Crippen LogP contribution in [0.2, 0.25) is 0 Å². The number of alkyl halides is 7. The van der Waals surface area contributed by atoms with Crippen LogP contribution >= 0.6 is 11.6 Å². The molecular formula is C13H14ClF6NO3. The average molecular weight is 382 g/mol. The Morgan fingerprint density at radius 1 is 0.958 bits per heavy atom. The van der Waals surface area contributed by atoms with E-state index in [1.807, 2.05) is 0 Å². The lowest BCUT2D eigenvalue weighted by molar-refractivity contribution is -0.153. The van der Waals surface area contributed by atoms with Crippen LogP contribution in [0.4, 0.5) is 32.0 Å². The molecule has 1 rings (SSSR count). The highest BCUT2D eigenvalue weighted by molar-refractivity contribution is 6.18. The van der Waals surface area contributed by atoms with Gasteiger partial charge in [0.05, 0.1) is 12.0 Å². The molecule has 11 heteroatoms. The van der Waals surface area contributed by atoms with Crippen molar-refractivity contribution in [2.45, 2.75) is 18.5 Å². The number of aliphatic hydroxyl groups excluding tert-OH is 1. The van der Waals surface area contributed by atoms with Gasteiger partial charge in [-0.05, 0) is 0 Å². The summed E-state index contributed by atoms with van der Waals surface area (Å²) < 4.78 is 82.1. The Hall–Kier alpha value is -1.55. The molecule has 138 valence electrons. The number of hydrogen-bond donors (Lipinski definition) is 2. The van der Waals surface area contributed by atoms with Crippen molar-refractivity contribution in [1.29, 1.82) is 0 Å². The van der Waals surface area contributed by atoms with Crippen molar-refractivity contribution in [3.05, 3.63) is 18.2 Å². The SMILES string of the molecule is OC(CCl)CNc1cc(OCC(F)(F)F)cc(OCC(F)(F)F)c1. The highest BCUT2D eigenvalue weighted by atomic mass is 35.5. The van der Waals surface area contributed by atoms with E-state index in [1.165, 1.54) is 0 Å². The quantitative estimate of drug-likeness (QED) is 0.534. The summed E-state index contributed by atoms with van der Waals surface area (Å²) in [4.78, 5) is 0. The number of hydrogen-bond acceptors (Lipinski definition) is 4. The minimum absolute atomic E-state index is 0.0645. The molecule has 2 N–H and O–H groups in total. The van der Waals surface area contributed by atoms with Crippen LogP contribution < -0.4 is 14.8 Å². The maximum Gasteiger partial charge on any atom is 0.422 e. The van der Waals surface area contributed by atoms with Crippen LogP contribution in [0.5, 0.6) is 11.5 Å². The van der Waals surface area contributed by atoms with Gasteiger partial charge in [-0.25, -0.2) is 0 Å². The number of nitrogens with one attached hydrogen (secondary N) is 1. The minimum atomic E-state index is -4.61. The van der Waals surface area contributed by atoms with Crippen LogP contribution in [0.15, 0.2) is 18.2 Å². The average Bonchev–Trinajstić information content (AvgIpc) is 2.47. The summed E-state index contributed by atoms with van der Waals surface area (Å²) in [6, 6.07) is 3.17. The van der Waals surface area contributed by atoms with Crippen molar-refractivity contribution in [3.63, 3.8) is 0 Å². The van der Waals surface area contributed by atoms with Gasteiger partial charge in [-0.3, -0.25) is 0 Å². The lowest BCUT2D eigenvalue weighted by Crippen LogP contribution is -2.22. The molecule has 1 atom stereocenters. The summed E-state index contributed by atoms with van der Waals surface area (Å²) in [6.45, 7) is -3.29. The molecule has 0 aliphatic heterocycles. The van der Waals surface area contributed by atoms with E-state index < -0.39 is 31.7 Å². The Kier molecular flexibility index (Phi) is 7.27. The molecule has 0 aliphatic carbocycles. The first-order valence-corrected chi connectivity index (χ1v) is 7.04. The molecule has 0 radical (unpaired) electrons. The van der Waals surface area contributed by atoms with E-state index in [2.05, 4.69) is 14.8 Å². The van der Waals surface area contributed by atoms with Crippen LogP contribution in [0.3, 0.4) is 0 Å². The largest absolute Gasteiger partial charge is 0.484 e. The maximum absolute atomic E-state index is 12.2. The first-order chi connectivity index (χ1) is 11.0. The van der Waals surface area contributed by atoms with Gasteiger partial charge in [-0.15, -0.1) is 11.6 Å². The third kappa shape index (κ3) is 8.92. The van der Waals surface area contributed by atoms with E-state index in [4.69, 9.17) is 11.6 Å². The number of halogens is 7. The zero-order chi connectivity index (χ0) is 18.4. The molecule has 0 amide bonds. The third-order valence-electron chi connectivity index (χ3n) is 2.40. The van der Waals surface area contributed by atoms with E-state index >= 15 is 0 Å². The van der Waals surface area contributed by atoms with Gasteiger partial charge in [0.2, 0.25) is 0 Å². The minimum Gasteiger partial charge on any atom is -0.484 e. The first-order valence-electron chi connectivity index (χ1n) is 6.50. The summed E-state index contributed by atoms with van der Waals surface area (Å²) in [7, 11) is 0. The Morgan fingerprint density at radius 2 is 1.42 bits per heavy atom. The van der Waals surface area contributed by atoms with Gasteiger partial charge in [0.1, 0.15) is 11.5 Å². The van der Waals surface area contributed by atoms with Crippen molar-refractivity contribution >= 4 is 17.3 Å². The van der Waals surface area contributed by atoms with E-state index in [0.29, 0.717) is 0 Å². The van der Waals surface area contributed by atoms with Crippen molar-refractivity contribution < 1.29 is 40.9 Å². The Morgan fingerprint density at radius 3 is 1.79 bits per heavy atom. The second-order valence-corrected chi connectivity index (χ2v) is 5.00. The van der Waals surface area contributed by atoms with Gasteiger partial charge in [0, 0.05) is 30.4 Å². The molecule has 0 saturated carbocycles. The Balaban J connectivity index is 2.87. The van der Waals surface area contributed by atoms with Crippen molar-refractivity contribution in [2.24, 2.45) is 0 Å². The molecule has 0 heterocycles. The van der Waals surface area contributed by atoms with Crippen molar-refractivity contribution in [3.8, 4) is 11.5 Å². The van der Waals surface area contributed by atoms with Gasteiger partial charge in [0.15, 0.2) is 13.2 Å². The fourth-order valence-electron chi connectivity index (χ4n) is 1.46. The van der Waals surface area contributed by atoms with Crippen LogP contribution in [0, 0.1) is 0 Å². The maximum atomic E-state index is 12.2. The van der Waals surface area contributed by atoms with Crippen LogP contribution in [0.1, 0.15) is 0 Å². The Bertz CT molecular complexity index is 487. The van der Waals surface area contributed by atoms with Crippen LogP contribution in [-0.4, -0.2) is 49.2 Å². The molecular weight excluding hydrogens is 368 g/mol. The van der Waals surface area contributed by atoms with Gasteiger partial charge >= 0.3 is 12.4 Å². The smallest absolute Gasteiger partial charge is 0.422 e. The van der Waals surface area contributed by atoms with Gasteiger partial charge in [0.25, 0.3) is 0 Å². The number of ether oxygens (including phenoxy) is 2. The molecule has 0 saturated heterocycles. The predicted molar refractivity (Wildman–Crippen MR) is 74.8 cm³/mol. The van der Waals surface area contributed by atoms with Crippen molar-refractivity contribution in [1.82, 2.24) is 0 Å². The molecule has 24 heavy (non-hydrogen) atoms. The number of benzene rings is 1. The highest BCUT2D eigenvalue weighted by Crippen LogP contribution is 2.29. The molecule has 0 bridgehead atoms. The summed E-state index contributed by atoms with van der Waals surface area (Å²) in [5, 5.41) is 11.9. The second-order valence-electron chi connectivity index (χ2n) is 4.69. The van der Waals surface area contributed by atoms with Gasteiger partial charge in [-0.2, -0.15) is 26.3 Å². The zero-order valence-electron chi connectivity index (χ0n) is 12.0. The molecule has 4 nitrogen and oxygen atoms in total. The standard InChI is InChI=1S/C13H14ClF6NO3/c14-4-9(22)5-21-8-1-10(23-6-12(15,16)17)3-11(2-8)24-7-13(18,19)20/h1-3,9,21-22H,4-7H2. The fraction of sp³-hybridized carbons (Fsp3) is 0.538. The fourth-order valence-corrected chi connectivity index (χ4v) is 1.57. The number of anilines is 1. The van der Waals surface area contributed by atoms with Crippen LogP contribution in [0.25, 0.3) is 0 Å². The molecule has 1 aromatic rings. The predicted octanol–water partition coefficient (Wildman–Crippen LogP) is 3.58. The van der Waals surface area contributed by atoms with Gasteiger partial charge in [-0.1, -0.05) is 0 Å². The summed E-state index contributed by atoms with van der Waals surface area (Å²) in [6.07, 6.45) is -10.2. The van der Waals surface area contributed by atoms with Crippen molar-refractivity contribution in [2.75, 3.05) is 31.0 Å². The topological polar surface area (TPSA) is 50.7 Å². The summed E-state index contributed by atoms with van der Waals surface area (Å²) in [5.74, 6) is -0.779. The molecule has 1 aromatic carbocycles. The molecule has 0 fully saturated rings. The summed E-state index contributed by atoms with van der Waals surface area (Å²) >= 11 is 5.39. The molecule has 0 spiro atoms. The van der Waals surface area contributed by atoms with Crippen LogP contribution in [-0.2, 0) is 0 Å². The van der Waals surface area contributed by atoms with Gasteiger partial charge < -0.3 is 19.9 Å². The van der Waals surface area contributed by atoms with E-state index in [0.717, 1.165) is 18.2 Å². The molecule has 0 aliphatic rings. The first kappa shape index (κ1) is 20.5. The summed E-state index contributed by atoms with van der Waals surface area (Å²) in [5.41, 5.74) is 0.107. The lowest BCUT2D eigenvalue weighted by Gasteiger charge is -2.16. The Labute approximate surface area is 138 Å². The van der Waals surface area contributed by atoms with E-state index in [9.17, 15) is 31.4 Å². The molecule has 0 aromatic heterocycles. The third-order valence-corrected chi connectivity index (χ3v) is 2.76. The number of rotatable bonds is 8. The second kappa shape index (κ2) is 8.52. The number of aliphatic hydroxyl groups is 1. The zero-order valence-corrected chi connectivity index (χ0v) is 12.8.